The lowest BCUT2D eigenvalue weighted by molar-refractivity contribution is 0.540. The van der Waals surface area contributed by atoms with Crippen molar-refractivity contribution < 1.29 is 4.42 Å². The standard InChI is InChI=1S/C13H13N3O/c1-3-12-11(8-15-2)16-13(17-12)9-4-6-10(14)7-5-9/h3-8H,2,14H2,1H3/b11-8+,12-3+. The molecule has 1 aromatic heterocycles. The Morgan fingerprint density at radius 2 is 2.06 bits per heavy atom. The van der Waals surface area contributed by atoms with Crippen molar-refractivity contribution in [3.05, 3.63) is 35.0 Å². The number of rotatable bonds is 2. The highest BCUT2D eigenvalue weighted by Crippen LogP contribution is 2.15. The molecule has 0 aliphatic rings. The summed E-state index contributed by atoms with van der Waals surface area (Å²) in [6.45, 7) is 5.29. The minimum atomic E-state index is 0.549. The second-order valence-electron chi connectivity index (χ2n) is 3.49. The first kappa shape index (κ1) is 11.1. The number of benzene rings is 1. The summed E-state index contributed by atoms with van der Waals surface area (Å²) in [5.41, 5.74) is 7.90. The van der Waals surface area contributed by atoms with Gasteiger partial charge in [0, 0.05) is 11.3 Å². The Labute approximate surface area is 98.8 Å². The van der Waals surface area contributed by atoms with Gasteiger partial charge in [0.1, 0.15) is 5.35 Å². The Balaban J connectivity index is 2.58. The van der Waals surface area contributed by atoms with E-state index in [4.69, 9.17) is 10.2 Å². The van der Waals surface area contributed by atoms with Crippen molar-refractivity contribution in [2.75, 3.05) is 5.73 Å². The van der Waals surface area contributed by atoms with Gasteiger partial charge >= 0.3 is 0 Å². The summed E-state index contributed by atoms with van der Waals surface area (Å²) in [4.78, 5) is 8.04. The molecule has 2 N–H and O–H groups in total. The SMILES string of the molecule is C=N/C=c1/nc(-c2ccc(N)cc2)o/c1=C/C. The number of hydrogen-bond donors (Lipinski definition) is 1. The second kappa shape index (κ2) is 4.65. The fraction of sp³-hybridized carbons (Fsp3) is 0.0769. The summed E-state index contributed by atoms with van der Waals surface area (Å²) in [7, 11) is 0. The van der Waals surface area contributed by atoms with Gasteiger partial charge in [0.2, 0.25) is 5.89 Å². The highest BCUT2D eigenvalue weighted by molar-refractivity contribution is 5.57. The van der Waals surface area contributed by atoms with Gasteiger partial charge in [-0.05, 0) is 44.0 Å². The van der Waals surface area contributed by atoms with E-state index in [0.29, 0.717) is 22.3 Å². The molecule has 0 saturated carbocycles. The number of nitrogens with zero attached hydrogens (tertiary/aromatic N) is 2. The van der Waals surface area contributed by atoms with Gasteiger partial charge in [-0.25, -0.2) is 4.98 Å². The van der Waals surface area contributed by atoms with Crippen molar-refractivity contribution >= 4 is 24.7 Å². The molecule has 0 radical (unpaired) electrons. The first-order chi connectivity index (χ1) is 8.24. The van der Waals surface area contributed by atoms with Gasteiger partial charge in [0.15, 0.2) is 5.42 Å². The molecule has 2 aromatic rings. The van der Waals surface area contributed by atoms with Crippen LogP contribution in [0.15, 0.2) is 33.7 Å². The van der Waals surface area contributed by atoms with Crippen molar-refractivity contribution in [2.45, 2.75) is 6.92 Å². The number of nitrogens with two attached hydrogens (primary N) is 1. The first-order valence-electron chi connectivity index (χ1n) is 5.19. The molecule has 0 amide bonds. The molecule has 0 saturated heterocycles. The predicted octanol–water partition coefficient (Wildman–Crippen LogP) is 1.16. The van der Waals surface area contributed by atoms with E-state index < -0.39 is 0 Å². The normalized spacial score (nSPS) is 13.0. The van der Waals surface area contributed by atoms with Gasteiger partial charge < -0.3 is 10.2 Å². The minimum Gasteiger partial charge on any atom is -0.436 e. The van der Waals surface area contributed by atoms with E-state index >= 15 is 0 Å². The third-order valence-electron chi connectivity index (χ3n) is 2.31. The average molecular weight is 227 g/mol. The molecule has 17 heavy (non-hydrogen) atoms. The number of anilines is 1. The third-order valence-corrected chi connectivity index (χ3v) is 2.31. The van der Waals surface area contributed by atoms with Gasteiger partial charge in [-0.2, -0.15) is 0 Å². The Bertz CT molecular complexity index is 638. The number of hydrogen-bond acceptors (Lipinski definition) is 4. The zero-order chi connectivity index (χ0) is 12.3. The molecule has 0 fully saturated rings. The van der Waals surface area contributed by atoms with Crippen LogP contribution in [0.5, 0.6) is 0 Å². The summed E-state index contributed by atoms with van der Waals surface area (Å²) < 4.78 is 5.62. The van der Waals surface area contributed by atoms with Crippen LogP contribution >= 0.6 is 0 Å². The second-order valence-corrected chi connectivity index (χ2v) is 3.49. The molecule has 0 unspecified atom stereocenters. The van der Waals surface area contributed by atoms with Crippen LogP contribution in [0.4, 0.5) is 5.69 Å². The summed E-state index contributed by atoms with van der Waals surface area (Å²) in [6, 6.07) is 7.35. The van der Waals surface area contributed by atoms with Crippen LogP contribution in [0.1, 0.15) is 6.92 Å². The Morgan fingerprint density at radius 1 is 1.35 bits per heavy atom. The van der Waals surface area contributed by atoms with Gasteiger partial charge in [-0.3, -0.25) is 4.99 Å². The van der Waals surface area contributed by atoms with Crippen molar-refractivity contribution in [1.82, 2.24) is 4.98 Å². The highest BCUT2D eigenvalue weighted by atomic mass is 16.3. The van der Waals surface area contributed by atoms with Crippen molar-refractivity contribution in [3.8, 4) is 11.5 Å². The fourth-order valence-electron chi connectivity index (χ4n) is 1.48. The number of nitrogen functional groups attached to an aromatic ring is 1. The molecule has 86 valence electrons. The van der Waals surface area contributed by atoms with Gasteiger partial charge in [-0.15, -0.1) is 0 Å². The zero-order valence-electron chi connectivity index (χ0n) is 9.55. The van der Waals surface area contributed by atoms with E-state index in [1.165, 1.54) is 0 Å². The van der Waals surface area contributed by atoms with Gasteiger partial charge in [-0.1, -0.05) is 0 Å². The molecule has 1 aromatic carbocycles. The maximum absolute atomic E-state index is 5.63. The van der Waals surface area contributed by atoms with Gasteiger partial charge in [0.05, 0.1) is 6.20 Å². The van der Waals surface area contributed by atoms with Crippen LogP contribution in [0.2, 0.25) is 0 Å². The van der Waals surface area contributed by atoms with Crippen molar-refractivity contribution in [3.63, 3.8) is 0 Å². The molecule has 0 aliphatic heterocycles. The van der Waals surface area contributed by atoms with Gasteiger partial charge in [0.25, 0.3) is 0 Å². The lowest BCUT2D eigenvalue weighted by atomic mass is 10.2. The van der Waals surface area contributed by atoms with E-state index in [-0.39, 0.29) is 0 Å². The number of oxazole rings is 1. The highest BCUT2D eigenvalue weighted by Gasteiger charge is 2.04. The fourth-order valence-corrected chi connectivity index (χ4v) is 1.48. The zero-order valence-corrected chi connectivity index (χ0v) is 9.55. The molecule has 0 atom stereocenters. The Hall–Kier alpha value is -2.36. The van der Waals surface area contributed by atoms with E-state index in [1.54, 1.807) is 6.20 Å². The van der Waals surface area contributed by atoms with E-state index in [0.717, 1.165) is 5.56 Å². The quantitative estimate of drug-likeness (QED) is 0.618. The topological polar surface area (TPSA) is 64.4 Å². The number of aromatic nitrogens is 1. The average Bonchev–Trinajstić information content (AvgIpc) is 2.74. The molecule has 0 aliphatic carbocycles. The van der Waals surface area contributed by atoms with E-state index in [2.05, 4.69) is 16.7 Å². The third kappa shape index (κ3) is 2.25. The van der Waals surface area contributed by atoms with E-state index in [9.17, 15) is 0 Å². The van der Waals surface area contributed by atoms with Crippen LogP contribution in [-0.4, -0.2) is 11.7 Å². The Morgan fingerprint density at radius 3 is 2.65 bits per heavy atom. The van der Waals surface area contributed by atoms with E-state index in [1.807, 2.05) is 37.3 Å². The molecular weight excluding hydrogens is 214 g/mol. The largest absolute Gasteiger partial charge is 0.436 e. The maximum Gasteiger partial charge on any atom is 0.227 e. The summed E-state index contributed by atoms with van der Waals surface area (Å²) in [5, 5.41) is 0.675. The first-order valence-corrected chi connectivity index (χ1v) is 5.19. The summed E-state index contributed by atoms with van der Waals surface area (Å²) >= 11 is 0. The Kier molecular flexibility index (Phi) is 3.05. The van der Waals surface area contributed by atoms with Crippen molar-refractivity contribution in [2.24, 2.45) is 4.99 Å². The predicted molar refractivity (Wildman–Crippen MR) is 69.8 cm³/mol. The lowest BCUT2D eigenvalue weighted by Crippen LogP contribution is -2.20. The summed E-state index contributed by atoms with van der Waals surface area (Å²) in [6.07, 6.45) is 3.41. The van der Waals surface area contributed by atoms with Crippen LogP contribution < -0.4 is 16.5 Å². The van der Waals surface area contributed by atoms with Crippen LogP contribution in [0.25, 0.3) is 23.7 Å². The molecule has 4 nitrogen and oxygen atoms in total. The molecule has 1 heterocycles. The molecular formula is C13H13N3O. The monoisotopic (exact) mass is 227 g/mol. The van der Waals surface area contributed by atoms with Crippen molar-refractivity contribution in [1.29, 1.82) is 0 Å². The summed E-state index contributed by atoms with van der Waals surface area (Å²) in [5.74, 6) is 0.549. The smallest absolute Gasteiger partial charge is 0.227 e. The minimum absolute atomic E-state index is 0.549. The molecule has 2 rings (SSSR count). The molecule has 0 spiro atoms. The van der Waals surface area contributed by atoms with Crippen LogP contribution in [0, 0.1) is 0 Å². The van der Waals surface area contributed by atoms with Crippen LogP contribution in [-0.2, 0) is 0 Å². The molecule has 0 bridgehead atoms. The maximum atomic E-state index is 5.63. The lowest BCUT2D eigenvalue weighted by Gasteiger charge is -1.95. The van der Waals surface area contributed by atoms with Crippen LogP contribution in [0.3, 0.4) is 0 Å². The molecule has 4 heteroatoms. The number of aliphatic imine (C=N–C) groups is 1.